The number of fused-ring (bicyclic) bond motifs is 1. The van der Waals surface area contributed by atoms with Crippen molar-refractivity contribution in [2.24, 2.45) is 0 Å². The van der Waals surface area contributed by atoms with Gasteiger partial charge >= 0.3 is 11.7 Å². The van der Waals surface area contributed by atoms with Crippen molar-refractivity contribution in [3.8, 4) is 0 Å². The average molecular weight is 260 g/mol. The number of nitrogens with zero attached hydrogens (tertiary/aromatic N) is 4. The summed E-state index contributed by atoms with van der Waals surface area (Å²) >= 11 is 0. The van der Waals surface area contributed by atoms with E-state index < -0.39 is 5.97 Å². The molecule has 1 N–H and O–H groups in total. The summed E-state index contributed by atoms with van der Waals surface area (Å²) in [5.74, 6) is -0.930. The Bertz CT molecular complexity index is 813. The molecule has 96 valence electrons. The van der Waals surface area contributed by atoms with Gasteiger partial charge in [-0.3, -0.25) is 4.40 Å². The van der Waals surface area contributed by atoms with Gasteiger partial charge in [-0.1, -0.05) is 11.2 Å². The van der Waals surface area contributed by atoms with Gasteiger partial charge in [0, 0.05) is 12.3 Å². The van der Waals surface area contributed by atoms with Gasteiger partial charge in [-0.25, -0.2) is 14.3 Å². The first-order valence-corrected chi connectivity index (χ1v) is 5.38. The molecule has 3 aromatic heterocycles. The number of rotatable bonds is 3. The van der Waals surface area contributed by atoms with Gasteiger partial charge in [0.05, 0.1) is 0 Å². The Morgan fingerprint density at radius 2 is 2.26 bits per heavy atom. The number of carboxylic acid groups (broad SMARTS) is 1. The minimum atomic E-state index is -1.18. The summed E-state index contributed by atoms with van der Waals surface area (Å²) in [6.07, 6.45) is 1.60. The molecule has 19 heavy (non-hydrogen) atoms. The van der Waals surface area contributed by atoms with Gasteiger partial charge in [-0.15, -0.1) is 5.10 Å². The van der Waals surface area contributed by atoms with Crippen LogP contribution in [-0.4, -0.2) is 30.4 Å². The largest absolute Gasteiger partial charge is 0.476 e. The van der Waals surface area contributed by atoms with E-state index in [1.165, 1.54) is 15.1 Å². The predicted octanol–water partition coefficient (Wildman–Crippen LogP) is 0.230. The highest BCUT2D eigenvalue weighted by Crippen LogP contribution is 2.05. The average Bonchev–Trinajstić information content (AvgIpc) is 2.97. The highest BCUT2D eigenvalue weighted by Gasteiger charge is 2.13. The molecule has 3 aromatic rings. The fourth-order valence-corrected chi connectivity index (χ4v) is 1.71. The van der Waals surface area contributed by atoms with Gasteiger partial charge in [0.1, 0.15) is 6.54 Å². The number of aromatic carboxylic acids is 1. The van der Waals surface area contributed by atoms with E-state index in [4.69, 9.17) is 9.63 Å². The molecule has 8 nitrogen and oxygen atoms in total. The third-order valence-electron chi connectivity index (χ3n) is 2.57. The molecule has 0 fully saturated rings. The Labute approximate surface area is 105 Å². The molecule has 0 unspecified atom stereocenters. The molecule has 0 radical (unpaired) electrons. The molecule has 0 saturated carbocycles. The van der Waals surface area contributed by atoms with E-state index in [0.29, 0.717) is 5.65 Å². The minimum Gasteiger partial charge on any atom is -0.476 e. The standard InChI is InChI=1S/C11H8N4O4/c16-10(17)8-5-7(19-13-8)6-15-11(18)14-4-2-1-3-9(14)12-15/h1-5H,6H2,(H,16,17). The van der Waals surface area contributed by atoms with Crippen LogP contribution < -0.4 is 5.69 Å². The maximum atomic E-state index is 12.0. The van der Waals surface area contributed by atoms with Crippen LogP contribution in [0.15, 0.2) is 39.8 Å². The second-order valence-electron chi connectivity index (χ2n) is 3.85. The van der Waals surface area contributed by atoms with Crippen molar-refractivity contribution in [2.75, 3.05) is 0 Å². The third-order valence-corrected chi connectivity index (χ3v) is 2.57. The van der Waals surface area contributed by atoms with E-state index in [9.17, 15) is 9.59 Å². The van der Waals surface area contributed by atoms with E-state index >= 15 is 0 Å². The van der Waals surface area contributed by atoms with Crippen molar-refractivity contribution in [1.29, 1.82) is 0 Å². The maximum absolute atomic E-state index is 12.0. The topological polar surface area (TPSA) is 103 Å². The second-order valence-corrected chi connectivity index (χ2v) is 3.85. The molecular weight excluding hydrogens is 252 g/mol. The molecule has 3 rings (SSSR count). The third kappa shape index (κ3) is 1.88. The second kappa shape index (κ2) is 4.09. The van der Waals surface area contributed by atoms with Gasteiger partial charge in [0.25, 0.3) is 0 Å². The van der Waals surface area contributed by atoms with Crippen LogP contribution in [0.2, 0.25) is 0 Å². The number of pyridine rings is 1. The first kappa shape index (κ1) is 11.2. The number of carboxylic acids is 1. The monoisotopic (exact) mass is 260 g/mol. The lowest BCUT2D eigenvalue weighted by atomic mass is 10.3. The lowest BCUT2D eigenvalue weighted by Gasteiger charge is -1.92. The molecule has 0 aliphatic heterocycles. The van der Waals surface area contributed by atoms with Gasteiger partial charge in [-0.05, 0) is 12.1 Å². The molecule has 0 aliphatic rings. The van der Waals surface area contributed by atoms with Gasteiger partial charge in [0.15, 0.2) is 17.1 Å². The summed E-state index contributed by atoms with van der Waals surface area (Å²) in [6, 6.07) is 6.44. The zero-order valence-corrected chi connectivity index (χ0v) is 9.55. The van der Waals surface area contributed by atoms with Gasteiger partial charge in [-0.2, -0.15) is 0 Å². The lowest BCUT2D eigenvalue weighted by Crippen LogP contribution is -2.21. The lowest BCUT2D eigenvalue weighted by molar-refractivity contribution is 0.0685. The van der Waals surface area contributed by atoms with Crippen molar-refractivity contribution in [3.05, 3.63) is 52.4 Å². The van der Waals surface area contributed by atoms with Crippen LogP contribution in [-0.2, 0) is 6.54 Å². The van der Waals surface area contributed by atoms with E-state index in [1.54, 1.807) is 24.4 Å². The quantitative estimate of drug-likeness (QED) is 0.723. The zero-order valence-electron chi connectivity index (χ0n) is 9.55. The first-order valence-electron chi connectivity index (χ1n) is 5.38. The van der Waals surface area contributed by atoms with Crippen molar-refractivity contribution in [1.82, 2.24) is 19.3 Å². The van der Waals surface area contributed by atoms with Gasteiger partial charge in [0.2, 0.25) is 0 Å². The maximum Gasteiger partial charge on any atom is 0.358 e. The molecule has 0 atom stereocenters. The molecule has 0 aromatic carbocycles. The van der Waals surface area contributed by atoms with E-state index in [0.717, 1.165) is 0 Å². The van der Waals surface area contributed by atoms with E-state index in [-0.39, 0.29) is 23.7 Å². The first-order chi connectivity index (χ1) is 9.15. The molecule has 0 aliphatic carbocycles. The van der Waals surface area contributed by atoms with Crippen LogP contribution in [0.25, 0.3) is 5.65 Å². The Balaban J connectivity index is 1.98. The molecule has 0 saturated heterocycles. The van der Waals surface area contributed by atoms with Crippen molar-refractivity contribution in [3.63, 3.8) is 0 Å². The minimum absolute atomic E-state index is 0.0286. The fourth-order valence-electron chi connectivity index (χ4n) is 1.71. The molecule has 0 spiro atoms. The van der Waals surface area contributed by atoms with Crippen LogP contribution in [0.4, 0.5) is 0 Å². The van der Waals surface area contributed by atoms with Crippen LogP contribution >= 0.6 is 0 Å². The fraction of sp³-hybridized carbons (Fsp3) is 0.0909. The number of aromatic nitrogens is 4. The number of hydrogen-bond acceptors (Lipinski definition) is 5. The number of hydrogen-bond donors (Lipinski definition) is 1. The molecule has 3 heterocycles. The summed E-state index contributed by atoms with van der Waals surface area (Å²) in [4.78, 5) is 22.6. The van der Waals surface area contributed by atoms with Crippen LogP contribution in [0, 0.1) is 0 Å². The van der Waals surface area contributed by atoms with Crippen LogP contribution in [0.3, 0.4) is 0 Å². The Morgan fingerprint density at radius 1 is 1.42 bits per heavy atom. The molecule has 8 heteroatoms. The number of carbonyl (C=O) groups is 1. The predicted molar refractivity (Wildman–Crippen MR) is 62.0 cm³/mol. The van der Waals surface area contributed by atoms with E-state index in [1.807, 2.05) is 0 Å². The summed E-state index contributed by atoms with van der Waals surface area (Å²) in [7, 11) is 0. The molecule has 0 amide bonds. The summed E-state index contributed by atoms with van der Waals surface area (Å²) in [5.41, 5.74) is -0.0267. The highest BCUT2D eigenvalue weighted by molar-refractivity contribution is 5.85. The summed E-state index contributed by atoms with van der Waals surface area (Å²) in [5, 5.41) is 16.2. The smallest absolute Gasteiger partial charge is 0.358 e. The Morgan fingerprint density at radius 3 is 2.95 bits per heavy atom. The molecular formula is C11H8N4O4. The Kier molecular flexibility index (Phi) is 2.41. The molecule has 0 bridgehead atoms. The van der Waals surface area contributed by atoms with Crippen LogP contribution in [0.1, 0.15) is 16.2 Å². The van der Waals surface area contributed by atoms with Crippen LogP contribution in [0.5, 0.6) is 0 Å². The zero-order chi connectivity index (χ0) is 13.4. The van der Waals surface area contributed by atoms with Crippen molar-refractivity contribution < 1.29 is 14.4 Å². The van der Waals surface area contributed by atoms with Gasteiger partial charge < -0.3 is 9.63 Å². The Hall–Kier alpha value is -2.90. The van der Waals surface area contributed by atoms with Crippen molar-refractivity contribution >= 4 is 11.6 Å². The SMILES string of the molecule is O=C(O)c1cc(Cn2nc3ccccn3c2=O)on1. The van der Waals surface area contributed by atoms with E-state index in [2.05, 4.69) is 10.3 Å². The summed E-state index contributed by atoms with van der Waals surface area (Å²) in [6.45, 7) is 0.0286. The van der Waals surface area contributed by atoms with Crippen molar-refractivity contribution in [2.45, 2.75) is 6.54 Å². The normalized spacial score (nSPS) is 10.9. The summed E-state index contributed by atoms with van der Waals surface area (Å²) < 4.78 is 7.41. The highest BCUT2D eigenvalue weighted by atomic mass is 16.5.